The Balaban J connectivity index is 1.17. The third-order valence-electron chi connectivity index (χ3n) is 10.8. The second kappa shape index (κ2) is 16.0. The Kier molecular flexibility index (Phi) is 11.2. The number of alkyl halides is 6. The van der Waals surface area contributed by atoms with E-state index >= 15 is 4.39 Å². The van der Waals surface area contributed by atoms with Crippen LogP contribution < -0.4 is 20.7 Å². The summed E-state index contributed by atoms with van der Waals surface area (Å²) in [5, 5.41) is 7.26. The van der Waals surface area contributed by atoms with Crippen molar-refractivity contribution in [3.63, 3.8) is 0 Å². The first-order valence-corrected chi connectivity index (χ1v) is 18.4. The average Bonchev–Trinajstić information content (AvgIpc) is 3.86. The maximum Gasteiger partial charge on any atom is 0.429 e. The van der Waals surface area contributed by atoms with Crippen LogP contribution in [0.25, 0.3) is 11.1 Å². The number of anilines is 2. The monoisotopic (exact) mass is 831 g/mol. The number of halogens is 9. The summed E-state index contributed by atoms with van der Waals surface area (Å²) in [6.07, 6.45) is -9.71. The standard InChI is InChI=1S/C42H34F9N3O5/c1-58-34-15-9-21(26-18-22(8-13-30(26)43)37(42(49,50)51)59-40(57)53-33-5-3-2-4-32(33)45)17-28(34)38(55)54-36-25-12-11-24(27(25)16-20-6-7-20)35(36)39(56)52-23-10-14-31(44)29(19-23)41(46,47)48/h2-5,8-10,13-20,24-25,35-37H,6-7,11-12H2,1H3,(H,52,56)(H,53,57)(H,54,55)/b27-16-/t24-,25+,35-,36+,37?/m0/s1. The first kappa shape index (κ1) is 41.2. The summed E-state index contributed by atoms with van der Waals surface area (Å²) in [5.41, 5.74) is -2.76. The number of hydrogen-bond acceptors (Lipinski definition) is 5. The van der Waals surface area contributed by atoms with E-state index in [0.717, 1.165) is 54.8 Å². The molecule has 5 atom stereocenters. The SMILES string of the molecule is COc1ccc(-c2cc(C(OC(=O)Nc3ccccc3F)C(F)(F)F)ccc2F)cc1C(=O)N[C@H]1[C@@H](C(=O)Nc2ccc(F)c(C(F)(F)F)c2)[C@H]2CC[C@@H]1/C2=C\C1CC1. The fourth-order valence-corrected chi connectivity index (χ4v) is 7.95. The predicted molar refractivity (Wildman–Crippen MR) is 195 cm³/mol. The molecule has 0 spiro atoms. The fraction of sp³-hybridized carbons (Fsp3) is 0.310. The largest absolute Gasteiger partial charge is 0.496 e. The lowest BCUT2D eigenvalue weighted by Crippen LogP contribution is -2.48. The number of fused-ring (bicyclic) bond motifs is 2. The predicted octanol–water partition coefficient (Wildman–Crippen LogP) is 10.4. The summed E-state index contributed by atoms with van der Waals surface area (Å²) in [4.78, 5) is 40.5. The van der Waals surface area contributed by atoms with Gasteiger partial charge in [-0.1, -0.05) is 35.9 Å². The molecule has 8 nitrogen and oxygen atoms in total. The van der Waals surface area contributed by atoms with Crippen LogP contribution in [-0.2, 0) is 15.7 Å². The normalized spacial score (nSPS) is 21.2. The zero-order chi connectivity index (χ0) is 42.4. The third kappa shape index (κ3) is 8.73. The van der Waals surface area contributed by atoms with E-state index in [0.29, 0.717) is 25.0 Å². The quantitative estimate of drug-likeness (QED) is 0.109. The number of methoxy groups -OCH3 is 1. The van der Waals surface area contributed by atoms with Crippen molar-refractivity contribution in [1.82, 2.24) is 5.32 Å². The van der Waals surface area contributed by atoms with Gasteiger partial charge in [0.1, 0.15) is 23.2 Å². The van der Waals surface area contributed by atoms with Gasteiger partial charge < -0.3 is 20.1 Å². The molecule has 3 saturated carbocycles. The minimum Gasteiger partial charge on any atom is -0.496 e. The molecule has 0 radical (unpaired) electrons. The Morgan fingerprint density at radius 1 is 0.780 bits per heavy atom. The Morgan fingerprint density at radius 3 is 2.17 bits per heavy atom. The lowest BCUT2D eigenvalue weighted by atomic mass is 9.83. The first-order valence-electron chi connectivity index (χ1n) is 18.4. The molecule has 3 amide bonds. The number of carbonyl (C=O) groups excluding carboxylic acids is 3. The van der Waals surface area contributed by atoms with E-state index < -0.39 is 88.2 Å². The molecule has 3 aliphatic rings. The van der Waals surface area contributed by atoms with Crippen LogP contribution >= 0.6 is 0 Å². The fourth-order valence-electron chi connectivity index (χ4n) is 7.95. The summed E-state index contributed by atoms with van der Waals surface area (Å²) in [6.45, 7) is 0. The first-order chi connectivity index (χ1) is 27.9. The Bertz CT molecular complexity index is 2330. The van der Waals surface area contributed by atoms with Crippen molar-refractivity contribution < 1.29 is 63.4 Å². The molecular weight excluding hydrogens is 797 g/mol. The summed E-state index contributed by atoms with van der Waals surface area (Å²) < 4.78 is 137. The van der Waals surface area contributed by atoms with Gasteiger partial charge in [0.25, 0.3) is 5.91 Å². The van der Waals surface area contributed by atoms with Crippen LogP contribution in [0.1, 0.15) is 53.3 Å². The Labute approximate surface area is 330 Å². The lowest BCUT2D eigenvalue weighted by Gasteiger charge is -2.30. The van der Waals surface area contributed by atoms with Crippen LogP contribution in [0.2, 0.25) is 0 Å². The van der Waals surface area contributed by atoms with Gasteiger partial charge in [0.15, 0.2) is 0 Å². The van der Waals surface area contributed by atoms with Crippen LogP contribution in [0.5, 0.6) is 5.75 Å². The molecule has 0 heterocycles. The molecule has 4 aromatic carbocycles. The molecule has 7 rings (SSSR count). The van der Waals surface area contributed by atoms with Crippen LogP contribution in [0.3, 0.4) is 0 Å². The van der Waals surface area contributed by atoms with Gasteiger partial charge in [0, 0.05) is 28.8 Å². The number of rotatable bonds is 10. The van der Waals surface area contributed by atoms with Crippen molar-refractivity contribution >= 4 is 29.3 Å². The molecule has 3 fully saturated rings. The molecule has 2 bridgehead atoms. The van der Waals surface area contributed by atoms with E-state index in [1.54, 1.807) is 0 Å². The van der Waals surface area contributed by atoms with Gasteiger partial charge in [0.05, 0.1) is 29.8 Å². The van der Waals surface area contributed by atoms with Gasteiger partial charge in [-0.15, -0.1) is 0 Å². The molecule has 59 heavy (non-hydrogen) atoms. The number of nitrogens with one attached hydrogen (secondary N) is 3. The van der Waals surface area contributed by atoms with Crippen LogP contribution in [0.4, 0.5) is 55.7 Å². The number of para-hydroxylation sites is 1. The van der Waals surface area contributed by atoms with E-state index in [1.807, 2.05) is 5.32 Å². The van der Waals surface area contributed by atoms with E-state index in [9.17, 15) is 49.5 Å². The topological polar surface area (TPSA) is 106 Å². The molecule has 3 N–H and O–H groups in total. The summed E-state index contributed by atoms with van der Waals surface area (Å²) >= 11 is 0. The second-order valence-corrected chi connectivity index (χ2v) is 14.6. The van der Waals surface area contributed by atoms with E-state index in [-0.39, 0.29) is 40.3 Å². The van der Waals surface area contributed by atoms with Gasteiger partial charge in [-0.2, -0.15) is 26.3 Å². The van der Waals surface area contributed by atoms with Crippen molar-refractivity contribution in [2.45, 2.75) is 50.2 Å². The smallest absolute Gasteiger partial charge is 0.429 e. The highest BCUT2D eigenvalue weighted by Gasteiger charge is 2.55. The second-order valence-electron chi connectivity index (χ2n) is 14.6. The number of ether oxygens (including phenoxy) is 2. The molecule has 1 unspecified atom stereocenters. The minimum absolute atomic E-state index is 0.0203. The average molecular weight is 832 g/mol. The van der Waals surface area contributed by atoms with E-state index in [4.69, 9.17) is 4.74 Å². The highest BCUT2D eigenvalue weighted by Crippen LogP contribution is 2.54. The maximum absolute atomic E-state index is 15.4. The Hall–Kier alpha value is -6.00. The number of carbonyl (C=O) groups is 3. The van der Waals surface area contributed by atoms with Crippen molar-refractivity contribution in [3.05, 3.63) is 125 Å². The van der Waals surface area contributed by atoms with Gasteiger partial charge in [-0.3, -0.25) is 14.9 Å². The summed E-state index contributed by atoms with van der Waals surface area (Å²) in [7, 11) is 1.24. The lowest BCUT2D eigenvalue weighted by molar-refractivity contribution is -0.205. The van der Waals surface area contributed by atoms with Gasteiger partial charge in [0.2, 0.25) is 12.0 Å². The zero-order valence-electron chi connectivity index (χ0n) is 30.8. The van der Waals surface area contributed by atoms with Crippen LogP contribution in [0, 0.1) is 41.1 Å². The Morgan fingerprint density at radius 2 is 1.49 bits per heavy atom. The summed E-state index contributed by atoms with van der Waals surface area (Å²) in [5.74, 6) is -6.34. The molecule has 17 heteroatoms. The molecule has 310 valence electrons. The van der Waals surface area contributed by atoms with Crippen LogP contribution in [0.15, 0.2) is 90.5 Å². The van der Waals surface area contributed by atoms with E-state index in [1.165, 1.54) is 37.4 Å². The molecule has 0 aliphatic heterocycles. The van der Waals surface area contributed by atoms with Crippen molar-refractivity contribution in [2.75, 3.05) is 17.7 Å². The number of benzene rings is 4. The van der Waals surface area contributed by atoms with Gasteiger partial charge in [-0.05, 0) is 97.7 Å². The highest BCUT2D eigenvalue weighted by molar-refractivity contribution is 6.00. The molecule has 4 aromatic rings. The summed E-state index contributed by atoms with van der Waals surface area (Å²) in [6, 6.07) is 11.9. The molecule has 3 aliphatic carbocycles. The van der Waals surface area contributed by atoms with E-state index in [2.05, 4.69) is 21.4 Å². The van der Waals surface area contributed by atoms with Crippen molar-refractivity contribution in [3.8, 4) is 16.9 Å². The van der Waals surface area contributed by atoms with Crippen molar-refractivity contribution in [1.29, 1.82) is 0 Å². The van der Waals surface area contributed by atoms with Crippen LogP contribution in [-0.4, -0.2) is 37.2 Å². The van der Waals surface area contributed by atoms with Gasteiger partial charge >= 0.3 is 18.4 Å². The third-order valence-corrected chi connectivity index (χ3v) is 10.8. The number of hydrogen-bond donors (Lipinski definition) is 3. The van der Waals surface area contributed by atoms with Gasteiger partial charge in [-0.25, -0.2) is 18.0 Å². The maximum atomic E-state index is 15.4. The highest BCUT2D eigenvalue weighted by atomic mass is 19.4. The number of allylic oxidation sites excluding steroid dienone is 1. The van der Waals surface area contributed by atoms with Crippen molar-refractivity contribution in [2.24, 2.45) is 23.7 Å². The zero-order valence-corrected chi connectivity index (χ0v) is 30.8. The number of amides is 3. The molecule has 0 aromatic heterocycles. The minimum atomic E-state index is -5.21. The molecular formula is C42H34F9N3O5. The molecule has 0 saturated heterocycles.